The van der Waals surface area contributed by atoms with Crippen LogP contribution in [0.25, 0.3) is 10.9 Å². The Morgan fingerprint density at radius 3 is 3.00 bits per heavy atom. The largest absolute Gasteiger partial charge is 0.391 e. The summed E-state index contributed by atoms with van der Waals surface area (Å²) in [6.45, 7) is 3.76. The first kappa shape index (κ1) is 12.7. The quantitative estimate of drug-likeness (QED) is 0.869. The molecule has 2 unspecified atom stereocenters. The first-order valence-electron chi connectivity index (χ1n) is 6.62. The van der Waals surface area contributed by atoms with E-state index in [2.05, 4.69) is 16.8 Å². The number of aliphatic hydroxyl groups is 1. The molecule has 2 heterocycles. The Balaban J connectivity index is 2.01. The molecule has 1 aromatic carbocycles. The smallest absolute Gasteiger partial charge is 0.0741 e. The standard InChI is InChI=1S/C15H17ClN2O/c1-10-5-7-18(9-15(10)19)14-4-6-17-13-8-11(16)2-3-12(13)14/h2-4,6,8,10,15,19H,5,7,9H2,1H3. The van der Waals surface area contributed by atoms with Crippen LogP contribution in [0.2, 0.25) is 5.02 Å². The van der Waals surface area contributed by atoms with E-state index in [4.69, 9.17) is 11.6 Å². The van der Waals surface area contributed by atoms with Gasteiger partial charge in [-0.2, -0.15) is 0 Å². The number of aromatic nitrogens is 1. The van der Waals surface area contributed by atoms with Gasteiger partial charge in [-0.3, -0.25) is 4.98 Å². The monoisotopic (exact) mass is 276 g/mol. The number of β-amino-alcohol motifs (C(OH)–C–C–N with tert-alkyl or cyclic N) is 1. The van der Waals surface area contributed by atoms with Crippen molar-refractivity contribution >= 4 is 28.2 Å². The molecule has 2 aromatic rings. The van der Waals surface area contributed by atoms with Crippen LogP contribution in [0, 0.1) is 5.92 Å². The second-order valence-electron chi connectivity index (χ2n) is 5.27. The first-order valence-corrected chi connectivity index (χ1v) is 7.00. The van der Waals surface area contributed by atoms with E-state index < -0.39 is 0 Å². The lowest BCUT2D eigenvalue weighted by molar-refractivity contribution is 0.103. The van der Waals surface area contributed by atoms with E-state index in [9.17, 15) is 5.11 Å². The van der Waals surface area contributed by atoms with Gasteiger partial charge in [0.1, 0.15) is 0 Å². The summed E-state index contributed by atoms with van der Waals surface area (Å²) in [6, 6.07) is 7.78. The minimum absolute atomic E-state index is 0.260. The van der Waals surface area contributed by atoms with Crippen molar-refractivity contribution in [2.75, 3.05) is 18.0 Å². The van der Waals surface area contributed by atoms with Crippen LogP contribution in [0.15, 0.2) is 30.5 Å². The second kappa shape index (κ2) is 4.99. The van der Waals surface area contributed by atoms with Gasteiger partial charge in [0, 0.05) is 35.4 Å². The average molecular weight is 277 g/mol. The number of halogens is 1. The summed E-state index contributed by atoms with van der Waals surface area (Å²) in [5.41, 5.74) is 2.03. The first-order chi connectivity index (χ1) is 9.15. The molecule has 0 saturated carbocycles. The number of benzene rings is 1. The molecular weight excluding hydrogens is 260 g/mol. The number of anilines is 1. The number of nitrogens with zero attached hydrogens (tertiary/aromatic N) is 2. The summed E-state index contributed by atoms with van der Waals surface area (Å²) in [5, 5.41) is 11.8. The molecule has 100 valence electrons. The molecule has 0 bridgehead atoms. The molecule has 0 radical (unpaired) electrons. The predicted octanol–water partition coefficient (Wildman–Crippen LogP) is 3.10. The Kier molecular flexibility index (Phi) is 3.33. The third-order valence-electron chi connectivity index (χ3n) is 3.94. The minimum atomic E-state index is -0.260. The van der Waals surface area contributed by atoms with E-state index in [1.54, 1.807) is 6.20 Å². The zero-order valence-corrected chi connectivity index (χ0v) is 11.6. The van der Waals surface area contributed by atoms with Crippen LogP contribution < -0.4 is 4.90 Å². The molecule has 3 rings (SSSR count). The van der Waals surface area contributed by atoms with Crippen molar-refractivity contribution in [3.63, 3.8) is 0 Å². The Labute approximate surface area is 117 Å². The Hall–Kier alpha value is -1.32. The van der Waals surface area contributed by atoms with Crippen LogP contribution in [-0.4, -0.2) is 29.3 Å². The number of hydrogen-bond donors (Lipinski definition) is 1. The van der Waals surface area contributed by atoms with Gasteiger partial charge >= 0.3 is 0 Å². The normalized spacial score (nSPS) is 23.8. The van der Waals surface area contributed by atoms with Gasteiger partial charge in [-0.1, -0.05) is 18.5 Å². The van der Waals surface area contributed by atoms with Crippen molar-refractivity contribution in [2.24, 2.45) is 5.92 Å². The number of hydrogen-bond acceptors (Lipinski definition) is 3. The number of piperidine rings is 1. The zero-order chi connectivity index (χ0) is 13.4. The van der Waals surface area contributed by atoms with Crippen LogP contribution in [0.3, 0.4) is 0 Å². The number of aliphatic hydroxyl groups excluding tert-OH is 1. The molecule has 1 aliphatic rings. The molecule has 0 aliphatic carbocycles. The molecular formula is C15H17ClN2O. The predicted molar refractivity (Wildman–Crippen MR) is 78.8 cm³/mol. The van der Waals surface area contributed by atoms with Gasteiger partial charge in [0.25, 0.3) is 0 Å². The molecule has 3 nitrogen and oxygen atoms in total. The highest BCUT2D eigenvalue weighted by Gasteiger charge is 2.25. The highest BCUT2D eigenvalue weighted by atomic mass is 35.5. The number of rotatable bonds is 1. The Morgan fingerprint density at radius 2 is 2.21 bits per heavy atom. The maximum atomic E-state index is 10.0. The number of pyridine rings is 1. The van der Waals surface area contributed by atoms with Crippen LogP contribution in [0.1, 0.15) is 13.3 Å². The summed E-state index contributed by atoms with van der Waals surface area (Å²) in [7, 11) is 0. The topological polar surface area (TPSA) is 36.4 Å². The third-order valence-corrected chi connectivity index (χ3v) is 4.18. The van der Waals surface area contributed by atoms with E-state index in [0.717, 1.165) is 29.6 Å². The van der Waals surface area contributed by atoms with Crippen molar-refractivity contribution in [2.45, 2.75) is 19.4 Å². The summed E-state index contributed by atoms with van der Waals surface area (Å²) < 4.78 is 0. The second-order valence-corrected chi connectivity index (χ2v) is 5.71. The van der Waals surface area contributed by atoms with Crippen LogP contribution in [0.5, 0.6) is 0 Å². The molecule has 2 atom stereocenters. The van der Waals surface area contributed by atoms with Crippen LogP contribution in [-0.2, 0) is 0 Å². The lowest BCUT2D eigenvalue weighted by Crippen LogP contribution is -2.43. The fourth-order valence-electron chi connectivity index (χ4n) is 2.65. The van der Waals surface area contributed by atoms with Crippen molar-refractivity contribution in [1.29, 1.82) is 0 Å². The Bertz CT molecular complexity index is 602. The van der Waals surface area contributed by atoms with E-state index in [0.29, 0.717) is 17.5 Å². The van der Waals surface area contributed by atoms with Gasteiger partial charge in [-0.05, 0) is 36.6 Å². The molecule has 4 heteroatoms. The summed E-state index contributed by atoms with van der Waals surface area (Å²) in [5.74, 6) is 0.374. The minimum Gasteiger partial charge on any atom is -0.391 e. The van der Waals surface area contributed by atoms with Gasteiger partial charge in [0.2, 0.25) is 0 Å². The SMILES string of the molecule is CC1CCN(c2ccnc3cc(Cl)ccc23)CC1O. The molecule has 0 amide bonds. The molecule has 1 aliphatic heterocycles. The van der Waals surface area contributed by atoms with E-state index >= 15 is 0 Å². The highest BCUT2D eigenvalue weighted by Crippen LogP contribution is 2.30. The van der Waals surface area contributed by atoms with Gasteiger partial charge in [0.05, 0.1) is 11.6 Å². The molecule has 1 fully saturated rings. The molecule has 1 aromatic heterocycles. The van der Waals surface area contributed by atoms with E-state index in [1.165, 1.54) is 0 Å². The Morgan fingerprint density at radius 1 is 1.37 bits per heavy atom. The van der Waals surface area contributed by atoms with Crippen LogP contribution >= 0.6 is 11.6 Å². The fourth-order valence-corrected chi connectivity index (χ4v) is 2.82. The summed E-state index contributed by atoms with van der Waals surface area (Å²) >= 11 is 6.01. The third kappa shape index (κ3) is 2.40. The van der Waals surface area contributed by atoms with Crippen molar-refractivity contribution < 1.29 is 5.11 Å². The van der Waals surface area contributed by atoms with Crippen molar-refractivity contribution in [3.8, 4) is 0 Å². The van der Waals surface area contributed by atoms with E-state index in [-0.39, 0.29) is 6.10 Å². The van der Waals surface area contributed by atoms with Gasteiger partial charge in [-0.15, -0.1) is 0 Å². The molecule has 1 saturated heterocycles. The maximum absolute atomic E-state index is 10.0. The van der Waals surface area contributed by atoms with Crippen molar-refractivity contribution in [1.82, 2.24) is 4.98 Å². The van der Waals surface area contributed by atoms with E-state index in [1.807, 2.05) is 24.3 Å². The van der Waals surface area contributed by atoms with Crippen molar-refractivity contribution in [3.05, 3.63) is 35.5 Å². The van der Waals surface area contributed by atoms with Gasteiger partial charge in [-0.25, -0.2) is 0 Å². The van der Waals surface area contributed by atoms with Gasteiger partial charge in [0.15, 0.2) is 0 Å². The zero-order valence-electron chi connectivity index (χ0n) is 10.9. The highest BCUT2D eigenvalue weighted by molar-refractivity contribution is 6.31. The molecule has 1 N–H and O–H groups in total. The fraction of sp³-hybridized carbons (Fsp3) is 0.400. The number of fused-ring (bicyclic) bond motifs is 1. The van der Waals surface area contributed by atoms with Gasteiger partial charge < -0.3 is 10.0 Å². The molecule has 19 heavy (non-hydrogen) atoms. The lowest BCUT2D eigenvalue weighted by Gasteiger charge is -2.36. The summed E-state index contributed by atoms with van der Waals surface area (Å²) in [6.07, 6.45) is 2.56. The van der Waals surface area contributed by atoms with Crippen LogP contribution in [0.4, 0.5) is 5.69 Å². The average Bonchev–Trinajstić information content (AvgIpc) is 2.41. The maximum Gasteiger partial charge on any atom is 0.0741 e. The lowest BCUT2D eigenvalue weighted by atomic mass is 9.95. The molecule has 0 spiro atoms. The summed E-state index contributed by atoms with van der Waals surface area (Å²) in [4.78, 5) is 6.60.